The Kier molecular flexibility index (Phi) is 7.01. The average molecular weight is 457 g/mol. The van der Waals surface area contributed by atoms with Crippen molar-refractivity contribution in [3.63, 3.8) is 0 Å². The number of likely N-dealkylation sites (N-methyl/N-ethyl adjacent to an activating group) is 1. The highest BCUT2D eigenvalue weighted by molar-refractivity contribution is 5.94. The third-order valence-electron chi connectivity index (χ3n) is 6.25. The number of hydrogen-bond acceptors (Lipinski definition) is 6. The standard InChI is InChI=1S/C18H25N5O2.C2HF3O2/c1-21-10-11-23(13-14-2-3-14)17(25)18(21)5-8-22(9-6-18)16(24)15-4-7-19-20-12-15;3-2(4,5)1(6)7/h4,7,12,14H,2-3,5-6,8-11,13H2,1H3;(H,6,7). The molecule has 1 aliphatic carbocycles. The number of likely N-dealkylation sites (tertiary alicyclic amines) is 1. The van der Waals surface area contributed by atoms with E-state index >= 15 is 0 Å². The molecule has 3 fully saturated rings. The number of aliphatic carboxylic acids is 1. The molecule has 1 aromatic rings. The van der Waals surface area contributed by atoms with Gasteiger partial charge in [-0.3, -0.25) is 14.5 Å². The number of amides is 2. The first-order chi connectivity index (χ1) is 15.0. The minimum atomic E-state index is -5.08. The number of carbonyl (C=O) groups excluding carboxylic acids is 2. The van der Waals surface area contributed by atoms with Crippen LogP contribution in [0.2, 0.25) is 0 Å². The van der Waals surface area contributed by atoms with Crippen LogP contribution in [0.5, 0.6) is 0 Å². The number of carbonyl (C=O) groups is 3. The molecule has 0 bridgehead atoms. The van der Waals surface area contributed by atoms with Crippen molar-refractivity contribution < 1.29 is 32.7 Å². The summed E-state index contributed by atoms with van der Waals surface area (Å²) in [4.78, 5) is 40.8. The van der Waals surface area contributed by atoms with Gasteiger partial charge in [-0.25, -0.2) is 4.79 Å². The summed E-state index contributed by atoms with van der Waals surface area (Å²) in [5, 5.41) is 14.6. The van der Waals surface area contributed by atoms with Gasteiger partial charge in [-0.2, -0.15) is 23.4 Å². The summed E-state index contributed by atoms with van der Waals surface area (Å²) in [5.41, 5.74) is 0.130. The van der Waals surface area contributed by atoms with Crippen LogP contribution in [-0.2, 0) is 9.59 Å². The van der Waals surface area contributed by atoms with Gasteiger partial charge in [0.25, 0.3) is 5.91 Å². The van der Waals surface area contributed by atoms with Gasteiger partial charge >= 0.3 is 12.1 Å². The molecule has 1 N–H and O–H groups in total. The smallest absolute Gasteiger partial charge is 0.475 e. The van der Waals surface area contributed by atoms with Crippen LogP contribution in [0.3, 0.4) is 0 Å². The van der Waals surface area contributed by atoms with Crippen molar-refractivity contribution in [1.82, 2.24) is 24.9 Å². The SMILES string of the molecule is CN1CCN(CC2CC2)C(=O)C12CCN(C(=O)c1ccnnc1)CC2.O=C(O)C(F)(F)F. The van der Waals surface area contributed by atoms with E-state index in [2.05, 4.69) is 27.0 Å². The lowest BCUT2D eigenvalue weighted by Gasteiger charge is -2.51. The third-order valence-corrected chi connectivity index (χ3v) is 6.25. The summed E-state index contributed by atoms with van der Waals surface area (Å²) in [7, 11) is 2.05. The van der Waals surface area contributed by atoms with Crippen LogP contribution in [0.15, 0.2) is 18.5 Å². The lowest BCUT2D eigenvalue weighted by atomic mass is 9.82. The fourth-order valence-electron chi connectivity index (χ4n) is 4.11. The molecule has 176 valence electrons. The van der Waals surface area contributed by atoms with Gasteiger partial charge in [0.2, 0.25) is 5.91 Å². The Morgan fingerprint density at radius 3 is 2.28 bits per heavy atom. The second kappa shape index (κ2) is 9.39. The highest BCUT2D eigenvalue weighted by Crippen LogP contribution is 2.36. The normalized spacial score (nSPS) is 21.2. The average Bonchev–Trinajstić information content (AvgIpc) is 3.59. The van der Waals surface area contributed by atoms with E-state index in [9.17, 15) is 22.8 Å². The summed E-state index contributed by atoms with van der Waals surface area (Å²) < 4.78 is 31.7. The fraction of sp³-hybridized carbons (Fsp3) is 0.650. The first-order valence-electron chi connectivity index (χ1n) is 10.4. The Balaban J connectivity index is 0.000000360. The number of carboxylic acid groups (broad SMARTS) is 1. The summed E-state index contributed by atoms with van der Waals surface area (Å²) in [6, 6.07) is 1.69. The van der Waals surface area contributed by atoms with E-state index in [4.69, 9.17) is 9.90 Å². The Morgan fingerprint density at radius 1 is 1.16 bits per heavy atom. The van der Waals surface area contributed by atoms with Gasteiger partial charge in [0, 0.05) is 32.7 Å². The molecule has 0 aromatic carbocycles. The van der Waals surface area contributed by atoms with E-state index in [1.807, 2.05) is 4.90 Å². The van der Waals surface area contributed by atoms with Gasteiger partial charge in [-0.1, -0.05) is 0 Å². The molecule has 1 saturated carbocycles. The molecule has 1 spiro atoms. The number of alkyl halides is 3. The number of piperazine rings is 1. The Hall–Kier alpha value is -2.76. The molecule has 3 aliphatic rings. The van der Waals surface area contributed by atoms with Crippen LogP contribution in [0.25, 0.3) is 0 Å². The zero-order valence-electron chi connectivity index (χ0n) is 17.7. The topological polar surface area (TPSA) is 107 Å². The van der Waals surface area contributed by atoms with Crippen molar-refractivity contribution in [2.75, 3.05) is 39.8 Å². The lowest BCUT2D eigenvalue weighted by molar-refractivity contribution is -0.192. The zero-order valence-corrected chi connectivity index (χ0v) is 17.7. The number of hydrogen-bond donors (Lipinski definition) is 1. The van der Waals surface area contributed by atoms with Crippen molar-refractivity contribution in [3.05, 3.63) is 24.0 Å². The van der Waals surface area contributed by atoms with Crippen molar-refractivity contribution in [3.8, 4) is 0 Å². The van der Waals surface area contributed by atoms with E-state index in [1.54, 1.807) is 6.07 Å². The Labute approximate surface area is 183 Å². The van der Waals surface area contributed by atoms with E-state index in [1.165, 1.54) is 25.2 Å². The second-order valence-electron chi connectivity index (χ2n) is 8.37. The van der Waals surface area contributed by atoms with Gasteiger partial charge in [0.1, 0.15) is 5.54 Å². The van der Waals surface area contributed by atoms with E-state index < -0.39 is 17.7 Å². The molecule has 32 heavy (non-hydrogen) atoms. The molecule has 2 amide bonds. The second-order valence-corrected chi connectivity index (χ2v) is 8.37. The number of aromatic nitrogens is 2. The Morgan fingerprint density at radius 2 is 1.78 bits per heavy atom. The molecular formula is C20H26F3N5O4. The molecule has 2 aliphatic heterocycles. The van der Waals surface area contributed by atoms with E-state index in [0.29, 0.717) is 37.4 Å². The third kappa shape index (κ3) is 5.34. The molecule has 12 heteroatoms. The number of piperidine rings is 1. The zero-order chi connectivity index (χ0) is 23.5. The van der Waals surface area contributed by atoms with Crippen molar-refractivity contribution in [2.45, 2.75) is 37.4 Å². The summed E-state index contributed by atoms with van der Waals surface area (Å²) in [6.45, 7) is 3.88. The first kappa shape index (κ1) is 23.9. The number of halogens is 3. The number of rotatable bonds is 3. The maximum atomic E-state index is 13.2. The van der Waals surface area contributed by atoms with Crippen LogP contribution >= 0.6 is 0 Å². The Bertz CT molecular complexity index is 839. The van der Waals surface area contributed by atoms with E-state index in [-0.39, 0.29) is 11.8 Å². The van der Waals surface area contributed by atoms with Gasteiger partial charge in [0.05, 0.1) is 18.0 Å². The van der Waals surface area contributed by atoms with Gasteiger partial charge < -0.3 is 14.9 Å². The molecule has 1 aromatic heterocycles. The lowest BCUT2D eigenvalue weighted by Crippen LogP contribution is -2.68. The highest BCUT2D eigenvalue weighted by Gasteiger charge is 2.50. The molecule has 2 saturated heterocycles. The molecule has 3 heterocycles. The molecule has 0 radical (unpaired) electrons. The molecule has 9 nitrogen and oxygen atoms in total. The van der Waals surface area contributed by atoms with Crippen LogP contribution in [0.1, 0.15) is 36.0 Å². The monoisotopic (exact) mass is 457 g/mol. The molecule has 4 rings (SSSR count). The van der Waals surface area contributed by atoms with Crippen molar-refractivity contribution >= 4 is 17.8 Å². The molecule has 0 unspecified atom stereocenters. The largest absolute Gasteiger partial charge is 0.490 e. The van der Waals surface area contributed by atoms with Crippen molar-refractivity contribution in [2.24, 2.45) is 5.92 Å². The van der Waals surface area contributed by atoms with Crippen LogP contribution in [0.4, 0.5) is 13.2 Å². The van der Waals surface area contributed by atoms with Gasteiger partial charge in [-0.05, 0) is 44.7 Å². The highest BCUT2D eigenvalue weighted by atomic mass is 19.4. The maximum Gasteiger partial charge on any atom is 0.490 e. The summed E-state index contributed by atoms with van der Waals surface area (Å²) >= 11 is 0. The minimum absolute atomic E-state index is 0.0227. The predicted molar refractivity (Wildman–Crippen MR) is 106 cm³/mol. The fourth-order valence-corrected chi connectivity index (χ4v) is 4.11. The number of carboxylic acids is 1. The van der Waals surface area contributed by atoms with Crippen LogP contribution < -0.4 is 0 Å². The van der Waals surface area contributed by atoms with E-state index in [0.717, 1.165) is 19.6 Å². The summed E-state index contributed by atoms with van der Waals surface area (Å²) in [6.07, 6.45) is 1.88. The predicted octanol–water partition coefficient (Wildman–Crippen LogP) is 1.27. The quantitative estimate of drug-likeness (QED) is 0.729. The van der Waals surface area contributed by atoms with Crippen molar-refractivity contribution in [1.29, 1.82) is 0 Å². The summed E-state index contributed by atoms with van der Waals surface area (Å²) in [5.74, 6) is -1.80. The van der Waals surface area contributed by atoms with Gasteiger partial charge in [-0.15, -0.1) is 0 Å². The van der Waals surface area contributed by atoms with Crippen LogP contribution in [0, 0.1) is 5.92 Å². The van der Waals surface area contributed by atoms with Gasteiger partial charge in [0.15, 0.2) is 0 Å². The molecular weight excluding hydrogens is 431 g/mol. The van der Waals surface area contributed by atoms with Crippen LogP contribution in [-0.4, -0.2) is 99.3 Å². The first-order valence-corrected chi connectivity index (χ1v) is 10.4. The molecule has 0 atom stereocenters. The number of nitrogens with zero attached hydrogens (tertiary/aromatic N) is 5. The minimum Gasteiger partial charge on any atom is -0.475 e. The maximum absolute atomic E-state index is 13.2.